The number of imide groups is 1. The molecule has 6 nitrogen and oxygen atoms in total. The summed E-state index contributed by atoms with van der Waals surface area (Å²) < 4.78 is 0. The van der Waals surface area contributed by atoms with E-state index in [4.69, 9.17) is 0 Å². The third kappa shape index (κ3) is 2.88. The maximum atomic E-state index is 12.5. The van der Waals surface area contributed by atoms with Gasteiger partial charge in [-0.05, 0) is 35.4 Å². The second-order valence-electron chi connectivity index (χ2n) is 7.80. The first-order valence-electron chi connectivity index (χ1n) is 9.95. The third-order valence-electron chi connectivity index (χ3n) is 6.02. The largest absolute Gasteiger partial charge is 0.369 e. The number of benzene rings is 3. The molecule has 1 fully saturated rings. The average molecular weight is 400 g/mol. The van der Waals surface area contributed by atoms with Gasteiger partial charge in [0, 0.05) is 28.6 Å². The lowest BCUT2D eigenvalue weighted by atomic mass is 9.95. The Balaban J connectivity index is 1.56. The van der Waals surface area contributed by atoms with Gasteiger partial charge in [0.2, 0.25) is 11.8 Å². The highest BCUT2D eigenvalue weighted by atomic mass is 16.3. The zero-order valence-electron chi connectivity index (χ0n) is 16.2. The van der Waals surface area contributed by atoms with E-state index < -0.39 is 12.3 Å². The van der Waals surface area contributed by atoms with E-state index in [-0.39, 0.29) is 18.2 Å². The van der Waals surface area contributed by atoms with Crippen LogP contribution < -0.4 is 10.2 Å². The summed E-state index contributed by atoms with van der Waals surface area (Å²) in [6.45, 7) is 0. The summed E-state index contributed by atoms with van der Waals surface area (Å²) in [5, 5.41) is 15.4. The van der Waals surface area contributed by atoms with E-state index in [1.54, 1.807) is 17.0 Å². The molecule has 0 bridgehead atoms. The molecule has 2 amide bonds. The number of anilines is 1. The molecule has 2 aliphatic rings. The van der Waals surface area contributed by atoms with Crippen LogP contribution in [0, 0.1) is 0 Å². The second kappa shape index (κ2) is 7.07. The molecular weight excluding hydrogens is 380 g/mol. The van der Waals surface area contributed by atoms with Gasteiger partial charge in [0.25, 0.3) is 0 Å². The molecule has 0 spiro atoms. The summed E-state index contributed by atoms with van der Waals surface area (Å²) in [7, 11) is 0. The van der Waals surface area contributed by atoms with Crippen molar-refractivity contribution in [2.75, 3.05) is 4.90 Å². The summed E-state index contributed by atoms with van der Waals surface area (Å²) in [6, 6.07) is 16.7. The van der Waals surface area contributed by atoms with Crippen LogP contribution in [-0.2, 0) is 16.0 Å². The number of hydrogen-bond donors (Lipinski definition) is 2. The van der Waals surface area contributed by atoms with Crippen molar-refractivity contribution in [3.63, 3.8) is 0 Å². The maximum absolute atomic E-state index is 12.5. The molecule has 6 heteroatoms. The highest BCUT2D eigenvalue weighted by Crippen LogP contribution is 2.46. The molecule has 3 aromatic carbocycles. The molecule has 30 heavy (non-hydrogen) atoms. The van der Waals surface area contributed by atoms with E-state index in [1.807, 2.05) is 42.5 Å². The number of nitrogens with zero attached hydrogens (tertiary/aromatic N) is 1. The van der Waals surface area contributed by atoms with E-state index in [1.165, 1.54) is 0 Å². The lowest BCUT2D eigenvalue weighted by Gasteiger charge is -2.34. The van der Waals surface area contributed by atoms with E-state index >= 15 is 0 Å². The second-order valence-corrected chi connectivity index (χ2v) is 7.80. The number of hydrogen-bond acceptors (Lipinski definition) is 5. The Labute approximate surface area is 173 Å². The Morgan fingerprint density at radius 2 is 1.87 bits per heavy atom. The van der Waals surface area contributed by atoms with E-state index in [2.05, 4.69) is 5.32 Å². The van der Waals surface area contributed by atoms with Crippen LogP contribution in [-0.4, -0.2) is 29.2 Å². The Morgan fingerprint density at radius 3 is 2.60 bits per heavy atom. The van der Waals surface area contributed by atoms with Crippen molar-refractivity contribution in [2.24, 2.45) is 0 Å². The molecule has 2 unspecified atom stereocenters. The fraction of sp³-hybridized carbons (Fsp3) is 0.208. The van der Waals surface area contributed by atoms with Crippen LogP contribution >= 0.6 is 0 Å². The van der Waals surface area contributed by atoms with E-state index in [0.29, 0.717) is 18.4 Å². The van der Waals surface area contributed by atoms with Gasteiger partial charge in [0.1, 0.15) is 12.3 Å². The summed E-state index contributed by atoms with van der Waals surface area (Å²) in [6.07, 6.45) is 1.22. The quantitative estimate of drug-likeness (QED) is 0.520. The zero-order chi connectivity index (χ0) is 20.8. The Morgan fingerprint density at radius 1 is 1.07 bits per heavy atom. The fourth-order valence-corrected chi connectivity index (χ4v) is 4.56. The third-order valence-corrected chi connectivity index (χ3v) is 6.02. The predicted octanol–water partition coefficient (Wildman–Crippen LogP) is 2.86. The number of nitrogens with one attached hydrogen (secondary N) is 1. The van der Waals surface area contributed by atoms with Gasteiger partial charge in [0.15, 0.2) is 6.23 Å². The van der Waals surface area contributed by atoms with Crippen molar-refractivity contribution in [1.29, 1.82) is 0 Å². The number of amides is 2. The number of aldehydes is 1. The smallest absolute Gasteiger partial charge is 0.249 e. The lowest BCUT2D eigenvalue weighted by molar-refractivity contribution is -0.134. The zero-order valence-corrected chi connectivity index (χ0v) is 16.2. The van der Waals surface area contributed by atoms with Gasteiger partial charge in [-0.1, -0.05) is 48.5 Å². The Kier molecular flexibility index (Phi) is 4.37. The first-order valence-corrected chi connectivity index (χ1v) is 9.95. The van der Waals surface area contributed by atoms with Gasteiger partial charge in [-0.15, -0.1) is 0 Å². The molecule has 0 aromatic heterocycles. The molecular formula is C24H20N2O4. The summed E-state index contributed by atoms with van der Waals surface area (Å²) in [5.41, 5.74) is 4.41. The van der Waals surface area contributed by atoms with Crippen molar-refractivity contribution >= 4 is 34.6 Å². The molecule has 150 valence electrons. The van der Waals surface area contributed by atoms with Crippen LogP contribution in [0.3, 0.4) is 0 Å². The van der Waals surface area contributed by atoms with Crippen LogP contribution in [0.15, 0.2) is 54.6 Å². The molecule has 1 saturated heterocycles. The number of piperidine rings is 1. The minimum atomic E-state index is -0.935. The summed E-state index contributed by atoms with van der Waals surface area (Å²) >= 11 is 0. The monoisotopic (exact) mass is 400 g/mol. The van der Waals surface area contributed by atoms with Gasteiger partial charge in [0.05, 0.1) is 0 Å². The molecule has 2 atom stereocenters. The van der Waals surface area contributed by atoms with Gasteiger partial charge in [-0.25, -0.2) is 0 Å². The van der Waals surface area contributed by atoms with E-state index in [0.717, 1.165) is 39.4 Å². The first-order chi connectivity index (χ1) is 14.6. The summed E-state index contributed by atoms with van der Waals surface area (Å²) in [5.74, 6) is -0.644. The highest BCUT2D eigenvalue weighted by Gasteiger charge is 2.40. The van der Waals surface area contributed by atoms with Crippen LogP contribution in [0.4, 0.5) is 5.69 Å². The van der Waals surface area contributed by atoms with Crippen molar-refractivity contribution in [3.8, 4) is 0 Å². The lowest BCUT2D eigenvalue weighted by Crippen LogP contribution is -2.52. The number of carbonyl (C=O) groups excluding carboxylic acids is 3. The predicted molar refractivity (Wildman–Crippen MR) is 112 cm³/mol. The molecule has 0 radical (unpaired) electrons. The Hall–Kier alpha value is -3.51. The SMILES string of the molecule is O=Cc1ccc(Cc2ccc3c4c(cccc24)C(O)N3C2CCC(=O)NC2=O)cc1. The molecule has 0 aliphatic carbocycles. The molecule has 3 aromatic rings. The fourth-order valence-electron chi connectivity index (χ4n) is 4.56. The van der Waals surface area contributed by atoms with Gasteiger partial charge < -0.3 is 10.0 Å². The molecule has 0 saturated carbocycles. The van der Waals surface area contributed by atoms with Crippen molar-refractivity contribution in [3.05, 3.63) is 76.9 Å². The van der Waals surface area contributed by atoms with Gasteiger partial charge in [-0.2, -0.15) is 0 Å². The van der Waals surface area contributed by atoms with Crippen molar-refractivity contribution in [2.45, 2.75) is 31.5 Å². The average Bonchev–Trinajstić information content (AvgIpc) is 3.04. The van der Waals surface area contributed by atoms with Crippen molar-refractivity contribution < 1.29 is 19.5 Å². The molecule has 2 aliphatic heterocycles. The van der Waals surface area contributed by atoms with Gasteiger partial charge in [-0.3, -0.25) is 19.7 Å². The highest BCUT2D eigenvalue weighted by molar-refractivity contribution is 6.06. The van der Waals surface area contributed by atoms with Crippen LogP contribution in [0.1, 0.15) is 46.1 Å². The molecule has 2 heterocycles. The van der Waals surface area contributed by atoms with Crippen LogP contribution in [0.5, 0.6) is 0 Å². The number of aliphatic hydroxyl groups is 1. The topological polar surface area (TPSA) is 86.7 Å². The van der Waals surface area contributed by atoms with Gasteiger partial charge >= 0.3 is 0 Å². The van der Waals surface area contributed by atoms with Crippen molar-refractivity contribution in [1.82, 2.24) is 5.32 Å². The minimum Gasteiger partial charge on any atom is -0.369 e. The number of rotatable bonds is 4. The summed E-state index contributed by atoms with van der Waals surface area (Å²) in [4.78, 5) is 36.6. The maximum Gasteiger partial charge on any atom is 0.249 e. The van der Waals surface area contributed by atoms with Crippen LogP contribution in [0.2, 0.25) is 0 Å². The molecule has 5 rings (SSSR count). The van der Waals surface area contributed by atoms with E-state index in [9.17, 15) is 19.5 Å². The standard InChI is InChI=1S/C24H20N2O4/c27-13-15-6-4-14(5-7-15)12-16-8-9-19-22-17(16)2-1-3-18(22)24(30)26(19)20-10-11-21(28)25-23(20)29/h1-9,13,20,24,30H,10-12H2,(H,25,28,29). The van der Waals surface area contributed by atoms with Crippen LogP contribution in [0.25, 0.3) is 10.8 Å². The number of aliphatic hydroxyl groups excluding tert-OH is 1. The molecule has 2 N–H and O–H groups in total. The normalized spacial score (nSPS) is 20.5. The minimum absolute atomic E-state index is 0.258. The Bertz CT molecular complexity index is 1190. The first kappa shape index (κ1) is 18.5. The number of carbonyl (C=O) groups is 3.